The fourth-order valence-corrected chi connectivity index (χ4v) is 5.35. The molecule has 0 unspecified atom stereocenters. The number of benzene rings is 1. The van der Waals surface area contributed by atoms with E-state index in [-0.39, 0.29) is 4.90 Å². The summed E-state index contributed by atoms with van der Waals surface area (Å²) in [6.07, 6.45) is 1.81. The largest absolute Gasteiger partial charge is 0.360 e. The highest BCUT2D eigenvalue weighted by molar-refractivity contribution is 7.89. The minimum atomic E-state index is -3.57. The summed E-state index contributed by atoms with van der Waals surface area (Å²) in [4.78, 5) is 6.97. The molecule has 1 aliphatic heterocycles. The highest BCUT2D eigenvalue weighted by Crippen LogP contribution is 2.25. The number of rotatable bonds is 4. The second-order valence-electron chi connectivity index (χ2n) is 6.83. The van der Waals surface area contributed by atoms with Crippen LogP contribution in [-0.4, -0.2) is 53.9 Å². The van der Waals surface area contributed by atoms with E-state index in [9.17, 15) is 8.42 Å². The lowest BCUT2D eigenvalue weighted by molar-refractivity contribution is 0.182. The molecule has 0 radical (unpaired) electrons. The molecule has 142 valence electrons. The average Bonchev–Trinajstić information content (AvgIpc) is 3.01. The van der Waals surface area contributed by atoms with Crippen LogP contribution in [0.1, 0.15) is 17.0 Å². The van der Waals surface area contributed by atoms with Gasteiger partial charge in [-0.2, -0.15) is 4.31 Å². The molecule has 0 aliphatic carbocycles. The molecular weight excluding hydrogens is 364 g/mol. The first-order chi connectivity index (χ1) is 13.0. The Bertz CT molecular complexity index is 1040. The zero-order valence-corrected chi connectivity index (χ0v) is 16.2. The van der Waals surface area contributed by atoms with Crippen LogP contribution in [0.25, 0.3) is 10.9 Å². The fraction of sp³-hybridized carbons (Fsp3) is 0.368. The third kappa shape index (κ3) is 3.36. The van der Waals surface area contributed by atoms with Gasteiger partial charge in [0, 0.05) is 44.3 Å². The first-order valence-corrected chi connectivity index (χ1v) is 10.4. The summed E-state index contributed by atoms with van der Waals surface area (Å²) in [6.45, 7) is 6.30. The predicted octanol–water partition coefficient (Wildman–Crippen LogP) is 2.35. The average molecular weight is 386 g/mol. The number of aryl methyl sites for hydroxylation is 2. The summed E-state index contributed by atoms with van der Waals surface area (Å²) >= 11 is 0. The highest BCUT2D eigenvalue weighted by Gasteiger charge is 2.33. The van der Waals surface area contributed by atoms with Crippen LogP contribution in [0.3, 0.4) is 0 Å². The van der Waals surface area contributed by atoms with Gasteiger partial charge in [0.1, 0.15) is 10.6 Å². The Balaban J connectivity index is 1.48. The first kappa shape index (κ1) is 18.1. The van der Waals surface area contributed by atoms with E-state index in [0.29, 0.717) is 37.6 Å². The van der Waals surface area contributed by atoms with Gasteiger partial charge in [-0.1, -0.05) is 29.4 Å². The van der Waals surface area contributed by atoms with Crippen LogP contribution < -0.4 is 0 Å². The van der Waals surface area contributed by atoms with Crippen molar-refractivity contribution in [3.8, 4) is 0 Å². The summed E-state index contributed by atoms with van der Waals surface area (Å²) < 4.78 is 32.4. The lowest BCUT2D eigenvalue weighted by Gasteiger charge is -2.34. The number of aromatic nitrogens is 2. The molecule has 4 rings (SSSR count). The van der Waals surface area contributed by atoms with Crippen molar-refractivity contribution in [1.82, 2.24) is 19.3 Å². The summed E-state index contributed by atoms with van der Waals surface area (Å²) in [5.41, 5.74) is 2.58. The van der Waals surface area contributed by atoms with Gasteiger partial charge in [-0.25, -0.2) is 8.42 Å². The Morgan fingerprint density at radius 2 is 1.81 bits per heavy atom. The Hall–Kier alpha value is -2.29. The van der Waals surface area contributed by atoms with Crippen molar-refractivity contribution in [2.75, 3.05) is 26.2 Å². The number of sulfonamides is 1. The molecule has 1 fully saturated rings. The standard InChI is InChI=1S/C19H22N4O3S/c1-14-19(15(2)26-21-14)27(24,25)23-11-9-22(10-12-23)13-17-6-3-5-16-7-4-8-20-18(16)17/h3-8H,9-13H2,1-2H3. The molecule has 7 nitrogen and oxygen atoms in total. The second kappa shape index (κ2) is 7.03. The Labute approximate surface area is 158 Å². The van der Waals surface area contributed by atoms with Gasteiger partial charge in [-0.15, -0.1) is 0 Å². The molecule has 0 saturated carbocycles. The summed E-state index contributed by atoms with van der Waals surface area (Å²) in [7, 11) is -3.57. The number of nitrogens with zero attached hydrogens (tertiary/aromatic N) is 4. The fourth-order valence-electron chi connectivity index (χ4n) is 3.64. The van der Waals surface area contributed by atoms with Gasteiger partial charge in [0.25, 0.3) is 0 Å². The van der Waals surface area contributed by atoms with Gasteiger partial charge in [-0.3, -0.25) is 9.88 Å². The Morgan fingerprint density at radius 3 is 2.52 bits per heavy atom. The third-order valence-corrected chi connectivity index (χ3v) is 7.15. The molecule has 3 aromatic rings. The van der Waals surface area contributed by atoms with Crippen molar-refractivity contribution in [2.45, 2.75) is 25.3 Å². The molecule has 27 heavy (non-hydrogen) atoms. The third-order valence-electron chi connectivity index (χ3n) is 5.01. The Kier molecular flexibility index (Phi) is 4.71. The van der Waals surface area contributed by atoms with Gasteiger partial charge in [-0.05, 0) is 25.5 Å². The number of hydrogen-bond acceptors (Lipinski definition) is 6. The molecule has 1 saturated heterocycles. The minimum absolute atomic E-state index is 0.203. The summed E-state index contributed by atoms with van der Waals surface area (Å²) in [5, 5.41) is 4.90. The van der Waals surface area contributed by atoms with Gasteiger partial charge in [0.15, 0.2) is 5.76 Å². The second-order valence-corrected chi connectivity index (χ2v) is 8.70. The van der Waals surface area contributed by atoms with Gasteiger partial charge in [0.2, 0.25) is 10.0 Å². The van der Waals surface area contributed by atoms with Crippen molar-refractivity contribution in [2.24, 2.45) is 0 Å². The lowest BCUT2D eigenvalue weighted by Crippen LogP contribution is -2.48. The van der Waals surface area contributed by atoms with E-state index in [2.05, 4.69) is 33.2 Å². The molecule has 0 spiro atoms. The van der Waals surface area contributed by atoms with Crippen LogP contribution in [0.5, 0.6) is 0 Å². The number of pyridine rings is 1. The molecule has 1 aromatic carbocycles. The molecule has 0 amide bonds. The van der Waals surface area contributed by atoms with E-state index in [1.54, 1.807) is 20.0 Å². The summed E-state index contributed by atoms with van der Waals surface area (Å²) in [6, 6.07) is 10.2. The Morgan fingerprint density at radius 1 is 1.07 bits per heavy atom. The van der Waals surface area contributed by atoms with E-state index < -0.39 is 10.0 Å². The van der Waals surface area contributed by atoms with Crippen LogP contribution in [0.2, 0.25) is 0 Å². The quantitative estimate of drug-likeness (QED) is 0.685. The van der Waals surface area contributed by atoms with Crippen molar-refractivity contribution < 1.29 is 12.9 Å². The molecule has 0 N–H and O–H groups in total. The molecule has 0 bridgehead atoms. The van der Waals surface area contributed by atoms with Crippen molar-refractivity contribution in [1.29, 1.82) is 0 Å². The first-order valence-electron chi connectivity index (χ1n) is 8.95. The smallest absolute Gasteiger partial charge is 0.248 e. The van der Waals surface area contributed by atoms with E-state index in [4.69, 9.17) is 4.52 Å². The predicted molar refractivity (Wildman–Crippen MR) is 102 cm³/mol. The topological polar surface area (TPSA) is 79.5 Å². The van der Waals surface area contributed by atoms with E-state index in [1.165, 1.54) is 4.31 Å². The highest BCUT2D eigenvalue weighted by atomic mass is 32.2. The molecule has 1 aliphatic rings. The lowest BCUT2D eigenvalue weighted by atomic mass is 10.1. The number of piperazine rings is 1. The van der Waals surface area contributed by atoms with E-state index >= 15 is 0 Å². The molecular formula is C19H22N4O3S. The van der Waals surface area contributed by atoms with Crippen molar-refractivity contribution in [3.05, 3.63) is 53.5 Å². The maximum absolute atomic E-state index is 12.9. The van der Waals surface area contributed by atoms with Crippen LogP contribution >= 0.6 is 0 Å². The number of para-hydroxylation sites is 1. The zero-order valence-electron chi connectivity index (χ0n) is 15.4. The minimum Gasteiger partial charge on any atom is -0.360 e. The van der Waals surface area contributed by atoms with Gasteiger partial charge < -0.3 is 4.52 Å². The molecule has 8 heteroatoms. The monoisotopic (exact) mass is 386 g/mol. The van der Waals surface area contributed by atoms with Crippen LogP contribution in [0.4, 0.5) is 0 Å². The molecule has 0 atom stereocenters. The van der Waals surface area contributed by atoms with E-state index in [0.717, 1.165) is 23.0 Å². The van der Waals surface area contributed by atoms with Crippen molar-refractivity contribution in [3.63, 3.8) is 0 Å². The molecule has 2 aromatic heterocycles. The number of fused-ring (bicyclic) bond motifs is 1. The van der Waals surface area contributed by atoms with E-state index in [1.807, 2.05) is 12.1 Å². The van der Waals surface area contributed by atoms with Crippen molar-refractivity contribution >= 4 is 20.9 Å². The normalized spacial score (nSPS) is 16.8. The van der Waals surface area contributed by atoms with Crippen LogP contribution in [0.15, 0.2) is 45.9 Å². The molecule has 3 heterocycles. The van der Waals surface area contributed by atoms with Gasteiger partial charge in [0.05, 0.1) is 5.52 Å². The maximum atomic E-state index is 12.9. The zero-order chi connectivity index (χ0) is 19.0. The SMILES string of the molecule is Cc1noc(C)c1S(=O)(=O)N1CCN(Cc2cccc3cccnc23)CC1. The maximum Gasteiger partial charge on any atom is 0.248 e. The van der Waals surface area contributed by atoms with Crippen LogP contribution in [-0.2, 0) is 16.6 Å². The summed E-state index contributed by atoms with van der Waals surface area (Å²) in [5.74, 6) is 0.344. The van der Waals surface area contributed by atoms with Crippen LogP contribution in [0, 0.1) is 13.8 Å². The van der Waals surface area contributed by atoms with Gasteiger partial charge >= 0.3 is 0 Å². The number of hydrogen-bond donors (Lipinski definition) is 0.